The van der Waals surface area contributed by atoms with Crippen LogP contribution in [0.15, 0.2) is 66.8 Å². The standard InChI is InChI=1S/C20H11Cl2N3O2/c21-13-5-12(6-14(22)7-13)11-1-3-15(4-2-11)25-17-8-18(26)19-16(20(17)27)9-23-10-24-19/h1-10,25H. The lowest BCUT2D eigenvalue weighted by Gasteiger charge is -2.15. The number of rotatable bonds is 3. The Bertz CT molecular complexity index is 1090. The molecule has 0 unspecified atom stereocenters. The van der Waals surface area contributed by atoms with Gasteiger partial charge in [0, 0.05) is 28.0 Å². The van der Waals surface area contributed by atoms with E-state index in [1.165, 1.54) is 18.6 Å². The summed E-state index contributed by atoms with van der Waals surface area (Å²) < 4.78 is 0. The first-order valence-electron chi connectivity index (χ1n) is 7.95. The van der Waals surface area contributed by atoms with Crippen LogP contribution in [0.25, 0.3) is 11.1 Å². The van der Waals surface area contributed by atoms with Gasteiger partial charge in [-0.2, -0.15) is 0 Å². The molecule has 2 aromatic carbocycles. The van der Waals surface area contributed by atoms with Gasteiger partial charge in [0.25, 0.3) is 0 Å². The van der Waals surface area contributed by atoms with Gasteiger partial charge in [-0.25, -0.2) is 9.97 Å². The summed E-state index contributed by atoms with van der Waals surface area (Å²) in [6.45, 7) is 0. The average Bonchev–Trinajstić information content (AvgIpc) is 2.66. The highest BCUT2D eigenvalue weighted by Gasteiger charge is 2.27. The van der Waals surface area contributed by atoms with Crippen molar-refractivity contribution in [1.82, 2.24) is 9.97 Å². The highest BCUT2D eigenvalue weighted by atomic mass is 35.5. The molecule has 0 spiro atoms. The molecule has 0 radical (unpaired) electrons. The maximum atomic E-state index is 12.5. The fraction of sp³-hybridized carbons (Fsp3) is 0. The first kappa shape index (κ1) is 17.4. The van der Waals surface area contributed by atoms with Crippen LogP contribution in [0.3, 0.4) is 0 Å². The van der Waals surface area contributed by atoms with Crippen LogP contribution in [-0.4, -0.2) is 21.5 Å². The zero-order chi connectivity index (χ0) is 19.0. The zero-order valence-electron chi connectivity index (χ0n) is 13.7. The smallest absolute Gasteiger partial charge is 0.213 e. The van der Waals surface area contributed by atoms with E-state index in [9.17, 15) is 9.59 Å². The van der Waals surface area contributed by atoms with Gasteiger partial charge in [-0.05, 0) is 41.5 Å². The number of halogens is 2. The number of allylic oxidation sites excluding steroid dienone is 2. The molecular formula is C20H11Cl2N3O2. The zero-order valence-corrected chi connectivity index (χ0v) is 15.3. The van der Waals surface area contributed by atoms with E-state index < -0.39 is 0 Å². The Morgan fingerprint density at radius 3 is 2.30 bits per heavy atom. The van der Waals surface area contributed by atoms with E-state index in [0.717, 1.165) is 11.1 Å². The van der Waals surface area contributed by atoms with Crippen molar-refractivity contribution in [2.75, 3.05) is 5.32 Å². The van der Waals surface area contributed by atoms with Crippen LogP contribution in [0.4, 0.5) is 5.69 Å². The molecule has 0 saturated heterocycles. The number of ketones is 2. The Morgan fingerprint density at radius 1 is 0.889 bits per heavy atom. The number of fused-ring (bicyclic) bond motifs is 1. The van der Waals surface area contributed by atoms with E-state index in [-0.39, 0.29) is 28.5 Å². The van der Waals surface area contributed by atoms with Crippen LogP contribution in [-0.2, 0) is 0 Å². The molecule has 1 N–H and O–H groups in total. The summed E-state index contributed by atoms with van der Waals surface area (Å²) in [5.41, 5.74) is 2.96. The molecule has 3 aromatic rings. The molecule has 7 heteroatoms. The maximum Gasteiger partial charge on any atom is 0.213 e. The van der Waals surface area contributed by atoms with Gasteiger partial charge >= 0.3 is 0 Å². The molecular weight excluding hydrogens is 385 g/mol. The van der Waals surface area contributed by atoms with Crippen molar-refractivity contribution in [3.8, 4) is 11.1 Å². The van der Waals surface area contributed by atoms with Crippen molar-refractivity contribution in [3.63, 3.8) is 0 Å². The Balaban J connectivity index is 1.59. The minimum Gasteiger partial charge on any atom is -0.352 e. The van der Waals surface area contributed by atoms with E-state index in [4.69, 9.17) is 23.2 Å². The lowest BCUT2D eigenvalue weighted by molar-refractivity contribution is 0.0981. The monoisotopic (exact) mass is 395 g/mol. The van der Waals surface area contributed by atoms with Crippen molar-refractivity contribution < 1.29 is 9.59 Å². The minimum atomic E-state index is -0.334. The average molecular weight is 396 g/mol. The fourth-order valence-electron chi connectivity index (χ4n) is 2.82. The predicted molar refractivity (Wildman–Crippen MR) is 104 cm³/mol. The summed E-state index contributed by atoms with van der Waals surface area (Å²) in [6, 6.07) is 12.7. The first-order valence-corrected chi connectivity index (χ1v) is 8.71. The third kappa shape index (κ3) is 3.47. The molecule has 4 rings (SSSR count). The third-order valence-electron chi connectivity index (χ3n) is 4.07. The summed E-state index contributed by atoms with van der Waals surface area (Å²) in [4.78, 5) is 32.4. The van der Waals surface area contributed by atoms with E-state index >= 15 is 0 Å². The number of aromatic nitrogens is 2. The van der Waals surface area contributed by atoms with Gasteiger partial charge in [-0.15, -0.1) is 0 Å². The van der Waals surface area contributed by atoms with Gasteiger partial charge in [0.15, 0.2) is 0 Å². The number of benzene rings is 2. The Morgan fingerprint density at radius 2 is 1.59 bits per heavy atom. The molecule has 0 bridgehead atoms. The van der Waals surface area contributed by atoms with Gasteiger partial charge in [0.1, 0.15) is 12.0 Å². The predicted octanol–water partition coefficient (Wildman–Crippen LogP) is 4.83. The number of carbonyl (C=O) groups is 2. The van der Waals surface area contributed by atoms with Gasteiger partial charge < -0.3 is 5.32 Å². The molecule has 0 atom stereocenters. The molecule has 1 aliphatic rings. The first-order chi connectivity index (χ1) is 13.0. The van der Waals surface area contributed by atoms with Crippen molar-refractivity contribution in [2.45, 2.75) is 0 Å². The number of nitrogens with zero attached hydrogens (tertiary/aromatic N) is 2. The molecule has 0 fully saturated rings. The number of hydrogen-bond donors (Lipinski definition) is 1. The number of carbonyl (C=O) groups excluding carboxylic acids is 2. The Hall–Kier alpha value is -3.02. The van der Waals surface area contributed by atoms with Crippen LogP contribution in [0, 0.1) is 0 Å². The minimum absolute atomic E-state index is 0.119. The maximum absolute atomic E-state index is 12.5. The Kier molecular flexibility index (Phi) is 4.48. The number of Topliss-reactive ketones (excluding diaryl/α,β-unsaturated/α-hetero) is 1. The molecule has 132 valence electrons. The molecule has 27 heavy (non-hydrogen) atoms. The lowest BCUT2D eigenvalue weighted by atomic mass is 9.98. The second-order valence-electron chi connectivity index (χ2n) is 5.90. The van der Waals surface area contributed by atoms with Gasteiger partial charge in [0.2, 0.25) is 11.6 Å². The summed E-state index contributed by atoms with van der Waals surface area (Å²) >= 11 is 12.1. The van der Waals surface area contributed by atoms with E-state index in [1.807, 2.05) is 24.3 Å². The SMILES string of the molecule is O=C1C(Nc2ccc(-c3cc(Cl)cc(Cl)c3)cc2)=CC(=O)c2ncncc21. The van der Waals surface area contributed by atoms with Crippen LogP contribution in [0.1, 0.15) is 20.8 Å². The molecule has 0 amide bonds. The normalized spacial score (nSPS) is 13.2. The van der Waals surface area contributed by atoms with Crippen molar-refractivity contribution in [2.24, 2.45) is 0 Å². The molecule has 0 aliphatic heterocycles. The topological polar surface area (TPSA) is 72.0 Å². The van der Waals surface area contributed by atoms with Gasteiger partial charge in [-0.1, -0.05) is 35.3 Å². The van der Waals surface area contributed by atoms with E-state index in [1.54, 1.807) is 18.2 Å². The van der Waals surface area contributed by atoms with Crippen LogP contribution >= 0.6 is 23.2 Å². The lowest BCUT2D eigenvalue weighted by Crippen LogP contribution is -2.22. The summed E-state index contributed by atoms with van der Waals surface area (Å²) in [5, 5.41) is 4.09. The van der Waals surface area contributed by atoms with Crippen molar-refractivity contribution >= 4 is 40.5 Å². The fourth-order valence-corrected chi connectivity index (χ4v) is 3.34. The molecule has 1 aromatic heterocycles. The van der Waals surface area contributed by atoms with Crippen LogP contribution in [0.5, 0.6) is 0 Å². The van der Waals surface area contributed by atoms with E-state index in [0.29, 0.717) is 15.7 Å². The molecule has 5 nitrogen and oxygen atoms in total. The molecule has 1 heterocycles. The summed E-state index contributed by atoms with van der Waals surface area (Å²) in [7, 11) is 0. The van der Waals surface area contributed by atoms with Crippen LogP contribution < -0.4 is 5.32 Å². The highest BCUT2D eigenvalue weighted by Crippen LogP contribution is 2.29. The van der Waals surface area contributed by atoms with Crippen molar-refractivity contribution in [1.29, 1.82) is 0 Å². The number of hydrogen-bond acceptors (Lipinski definition) is 5. The quantitative estimate of drug-likeness (QED) is 0.687. The van der Waals surface area contributed by atoms with E-state index in [2.05, 4.69) is 15.3 Å². The largest absolute Gasteiger partial charge is 0.352 e. The molecule has 1 aliphatic carbocycles. The second-order valence-corrected chi connectivity index (χ2v) is 6.77. The summed E-state index contributed by atoms with van der Waals surface area (Å²) in [5.74, 6) is -0.657. The van der Waals surface area contributed by atoms with Crippen molar-refractivity contribution in [3.05, 3.63) is 88.1 Å². The summed E-state index contributed by atoms with van der Waals surface area (Å²) in [6.07, 6.45) is 3.85. The van der Waals surface area contributed by atoms with Crippen LogP contribution in [0.2, 0.25) is 10.0 Å². The van der Waals surface area contributed by atoms with Gasteiger partial charge in [0.05, 0.1) is 11.3 Å². The highest BCUT2D eigenvalue weighted by molar-refractivity contribution is 6.35. The number of nitrogens with one attached hydrogen (secondary N) is 1. The number of anilines is 1. The Labute approximate surface area is 164 Å². The second kappa shape index (κ2) is 6.95. The van der Waals surface area contributed by atoms with Gasteiger partial charge in [-0.3, -0.25) is 9.59 Å². The third-order valence-corrected chi connectivity index (χ3v) is 4.51. The molecule has 0 saturated carbocycles.